The van der Waals surface area contributed by atoms with Crippen molar-refractivity contribution < 1.29 is 0 Å². The van der Waals surface area contributed by atoms with Gasteiger partial charge >= 0.3 is 0 Å². The number of hydrogen-bond donors (Lipinski definition) is 0. The molecule has 0 aliphatic heterocycles. The first-order chi connectivity index (χ1) is 7.22. The summed E-state index contributed by atoms with van der Waals surface area (Å²) in [5.41, 5.74) is 1.15. The van der Waals surface area contributed by atoms with Crippen LogP contribution in [0.2, 0.25) is 0 Å². The molecular formula is C9H10BrIN4. The lowest BCUT2D eigenvalue weighted by Gasteiger charge is -2.02. The van der Waals surface area contributed by atoms with Crippen molar-refractivity contribution in [1.29, 1.82) is 0 Å². The predicted octanol–water partition coefficient (Wildman–Crippen LogP) is 2.51. The molecule has 0 N–H and O–H groups in total. The maximum absolute atomic E-state index is 4.27. The van der Waals surface area contributed by atoms with Gasteiger partial charge in [0.05, 0.1) is 22.6 Å². The van der Waals surface area contributed by atoms with Gasteiger partial charge in [-0.25, -0.2) is 0 Å². The third-order valence-electron chi connectivity index (χ3n) is 2.13. The first-order valence-electron chi connectivity index (χ1n) is 4.60. The molecule has 0 spiro atoms. The highest BCUT2D eigenvalue weighted by Gasteiger charge is 2.08. The van der Waals surface area contributed by atoms with Crippen LogP contribution in [0.5, 0.6) is 0 Å². The van der Waals surface area contributed by atoms with Gasteiger partial charge < -0.3 is 0 Å². The van der Waals surface area contributed by atoms with Crippen molar-refractivity contribution in [3.05, 3.63) is 32.3 Å². The van der Waals surface area contributed by atoms with Gasteiger partial charge in [-0.1, -0.05) is 0 Å². The average Bonchev–Trinajstić information content (AvgIpc) is 2.77. The second-order valence-corrected chi connectivity index (χ2v) is 4.94. The molecule has 4 nitrogen and oxygen atoms in total. The fraction of sp³-hybridized carbons (Fsp3) is 0.333. The van der Waals surface area contributed by atoms with Crippen molar-refractivity contribution in [2.75, 3.05) is 0 Å². The molecule has 0 atom stereocenters. The highest BCUT2D eigenvalue weighted by molar-refractivity contribution is 14.1. The second-order valence-electron chi connectivity index (χ2n) is 3.09. The molecule has 0 unspecified atom stereocenters. The summed E-state index contributed by atoms with van der Waals surface area (Å²) >= 11 is 5.81. The summed E-state index contributed by atoms with van der Waals surface area (Å²) in [5.74, 6) is 0. The van der Waals surface area contributed by atoms with Crippen molar-refractivity contribution in [3.8, 4) is 0 Å². The van der Waals surface area contributed by atoms with Crippen molar-refractivity contribution in [3.63, 3.8) is 0 Å². The molecule has 80 valence electrons. The van der Waals surface area contributed by atoms with Crippen molar-refractivity contribution in [1.82, 2.24) is 19.6 Å². The normalized spacial score (nSPS) is 10.9. The van der Waals surface area contributed by atoms with E-state index in [0.717, 1.165) is 27.0 Å². The monoisotopic (exact) mass is 380 g/mol. The fourth-order valence-corrected chi connectivity index (χ4v) is 2.36. The van der Waals surface area contributed by atoms with Crippen LogP contribution in [0.15, 0.2) is 23.1 Å². The topological polar surface area (TPSA) is 35.6 Å². The summed E-state index contributed by atoms with van der Waals surface area (Å²) in [4.78, 5) is 0. The van der Waals surface area contributed by atoms with E-state index in [-0.39, 0.29) is 0 Å². The molecule has 0 amide bonds. The maximum Gasteiger partial charge on any atom is 0.109 e. The lowest BCUT2D eigenvalue weighted by atomic mass is 10.4. The van der Waals surface area contributed by atoms with Crippen LogP contribution in [0.4, 0.5) is 0 Å². The molecule has 0 radical (unpaired) electrons. The van der Waals surface area contributed by atoms with Gasteiger partial charge in [-0.15, -0.1) is 0 Å². The fourth-order valence-electron chi connectivity index (χ4n) is 1.33. The molecule has 2 rings (SSSR count). The third kappa shape index (κ3) is 2.25. The standard InChI is InChI=1S/C9H10BrIN4/c1-2-14-9(10)7(5-13-14)6-15-8(11)3-4-12-15/h3-5H,2,6H2,1H3. The summed E-state index contributed by atoms with van der Waals surface area (Å²) < 4.78 is 6.04. The molecule has 0 fully saturated rings. The number of aromatic nitrogens is 4. The van der Waals surface area contributed by atoms with Crippen LogP contribution in [0.1, 0.15) is 12.5 Å². The molecule has 2 aromatic heterocycles. The Morgan fingerprint density at radius 2 is 2.20 bits per heavy atom. The third-order valence-corrected chi connectivity index (χ3v) is 3.96. The number of hydrogen-bond acceptors (Lipinski definition) is 2. The first kappa shape index (κ1) is 11.1. The van der Waals surface area contributed by atoms with Crippen LogP contribution in [-0.4, -0.2) is 19.6 Å². The van der Waals surface area contributed by atoms with Crippen molar-refractivity contribution >= 4 is 38.5 Å². The number of rotatable bonds is 3. The minimum atomic E-state index is 0.756. The van der Waals surface area contributed by atoms with Gasteiger partial charge in [0.2, 0.25) is 0 Å². The molecule has 0 saturated carbocycles. The Balaban J connectivity index is 2.25. The zero-order valence-electron chi connectivity index (χ0n) is 8.19. The molecule has 0 bridgehead atoms. The van der Waals surface area contributed by atoms with E-state index in [9.17, 15) is 0 Å². The van der Waals surface area contributed by atoms with Gasteiger partial charge in [-0.3, -0.25) is 9.36 Å². The Hall–Kier alpha value is -0.370. The van der Waals surface area contributed by atoms with E-state index in [2.05, 4.69) is 55.6 Å². The lowest BCUT2D eigenvalue weighted by Crippen LogP contribution is -2.04. The Morgan fingerprint density at radius 3 is 2.73 bits per heavy atom. The number of halogens is 2. The molecule has 0 aromatic carbocycles. The van der Waals surface area contributed by atoms with E-state index in [4.69, 9.17) is 0 Å². The van der Waals surface area contributed by atoms with Gasteiger partial charge in [0.15, 0.2) is 0 Å². The highest BCUT2D eigenvalue weighted by Crippen LogP contribution is 2.18. The van der Waals surface area contributed by atoms with Crippen molar-refractivity contribution in [2.24, 2.45) is 0 Å². The Kier molecular flexibility index (Phi) is 3.45. The molecule has 0 aliphatic carbocycles. The van der Waals surface area contributed by atoms with Crippen LogP contribution >= 0.6 is 38.5 Å². The molecule has 2 aromatic rings. The zero-order chi connectivity index (χ0) is 10.8. The van der Waals surface area contributed by atoms with Crippen LogP contribution in [0.3, 0.4) is 0 Å². The molecular weight excluding hydrogens is 371 g/mol. The van der Waals surface area contributed by atoms with Gasteiger partial charge in [0.25, 0.3) is 0 Å². The van der Waals surface area contributed by atoms with Crippen molar-refractivity contribution in [2.45, 2.75) is 20.0 Å². The second kappa shape index (κ2) is 4.65. The van der Waals surface area contributed by atoms with E-state index in [1.54, 1.807) is 6.20 Å². The Morgan fingerprint density at radius 1 is 1.40 bits per heavy atom. The van der Waals surface area contributed by atoms with Gasteiger partial charge in [-0.2, -0.15) is 10.2 Å². The van der Waals surface area contributed by atoms with Gasteiger partial charge in [0, 0.05) is 12.1 Å². The first-order valence-corrected chi connectivity index (χ1v) is 6.47. The summed E-state index contributed by atoms with van der Waals surface area (Å²) in [7, 11) is 0. The number of nitrogens with zero attached hydrogens (tertiary/aromatic N) is 4. The minimum absolute atomic E-state index is 0.756. The highest BCUT2D eigenvalue weighted by atomic mass is 127. The minimum Gasteiger partial charge on any atom is -0.258 e. The van der Waals surface area contributed by atoms with Gasteiger partial charge in [0.1, 0.15) is 4.60 Å². The Bertz CT molecular complexity index is 462. The zero-order valence-corrected chi connectivity index (χ0v) is 11.9. The summed E-state index contributed by atoms with van der Waals surface area (Å²) in [6.45, 7) is 3.70. The van der Waals surface area contributed by atoms with Crippen LogP contribution in [0.25, 0.3) is 0 Å². The molecule has 6 heteroatoms. The van der Waals surface area contributed by atoms with E-state index < -0.39 is 0 Å². The average molecular weight is 381 g/mol. The summed E-state index contributed by atoms with van der Waals surface area (Å²) in [5, 5.41) is 8.51. The summed E-state index contributed by atoms with van der Waals surface area (Å²) in [6, 6.07) is 1.98. The Labute approximate surface area is 110 Å². The van der Waals surface area contributed by atoms with E-state index in [1.807, 2.05) is 21.6 Å². The largest absolute Gasteiger partial charge is 0.258 e. The molecule has 15 heavy (non-hydrogen) atoms. The molecule has 0 saturated heterocycles. The summed E-state index contributed by atoms with van der Waals surface area (Å²) in [6.07, 6.45) is 3.69. The molecule has 2 heterocycles. The number of aryl methyl sites for hydroxylation is 1. The molecule has 0 aliphatic rings. The van der Waals surface area contributed by atoms with Crippen LogP contribution in [-0.2, 0) is 13.1 Å². The van der Waals surface area contributed by atoms with E-state index in [0.29, 0.717) is 0 Å². The maximum atomic E-state index is 4.27. The quantitative estimate of drug-likeness (QED) is 0.767. The van der Waals surface area contributed by atoms with E-state index >= 15 is 0 Å². The van der Waals surface area contributed by atoms with E-state index in [1.165, 1.54) is 0 Å². The smallest absolute Gasteiger partial charge is 0.109 e. The van der Waals surface area contributed by atoms with Gasteiger partial charge in [-0.05, 0) is 51.5 Å². The SMILES string of the molecule is CCn1ncc(Cn2nccc2I)c1Br. The van der Waals surface area contributed by atoms with Crippen LogP contribution in [0, 0.1) is 3.70 Å². The predicted molar refractivity (Wildman–Crippen MR) is 69.6 cm³/mol. The van der Waals surface area contributed by atoms with Crippen LogP contribution < -0.4 is 0 Å². The lowest BCUT2D eigenvalue weighted by molar-refractivity contribution is 0.636.